The number of nitrogens with zero attached hydrogens (tertiary/aromatic N) is 6. The summed E-state index contributed by atoms with van der Waals surface area (Å²) in [7, 11) is 0. The Kier molecular flexibility index (Phi) is 9.36. The van der Waals surface area contributed by atoms with E-state index < -0.39 is 60.4 Å². The van der Waals surface area contributed by atoms with Crippen molar-refractivity contribution in [3.05, 3.63) is 261 Å². The number of aromatic nitrogens is 6. The van der Waals surface area contributed by atoms with Gasteiger partial charge in [-0.3, -0.25) is 14.1 Å². The fraction of sp³-hybridized carbons (Fsp3) is 0.0580. The van der Waals surface area contributed by atoms with Gasteiger partial charge in [0.05, 0.1) is 47.3 Å². The molecule has 77 heavy (non-hydrogen) atoms. The van der Waals surface area contributed by atoms with Crippen LogP contribution in [0.1, 0.15) is 40.0 Å². The summed E-state index contributed by atoms with van der Waals surface area (Å²) >= 11 is 0. The molecular formula is C69H48N6OPt-2. The summed E-state index contributed by atoms with van der Waals surface area (Å²) in [5, 5.41) is 4.24. The average molecular weight is 1180 g/mol. The maximum atomic E-state index is 9.09. The van der Waals surface area contributed by atoms with Gasteiger partial charge in [-0.25, -0.2) is 4.98 Å². The van der Waals surface area contributed by atoms with Gasteiger partial charge in [-0.15, -0.1) is 17.5 Å². The summed E-state index contributed by atoms with van der Waals surface area (Å²) in [4.78, 5) is 9.71. The molecule has 8 heteroatoms. The van der Waals surface area contributed by atoms with E-state index in [1.54, 1.807) is 51.7 Å². The van der Waals surface area contributed by atoms with Gasteiger partial charge >= 0.3 is 0 Å². The van der Waals surface area contributed by atoms with Crippen molar-refractivity contribution >= 4 is 54.6 Å². The van der Waals surface area contributed by atoms with Crippen molar-refractivity contribution in [2.45, 2.75) is 26.2 Å². The molecule has 14 aromatic rings. The van der Waals surface area contributed by atoms with E-state index >= 15 is 0 Å². The van der Waals surface area contributed by atoms with Gasteiger partial charge in [-0.2, -0.15) is 18.2 Å². The van der Waals surface area contributed by atoms with E-state index in [4.69, 9.17) is 28.4 Å². The minimum atomic E-state index is -0.586. The van der Waals surface area contributed by atoms with E-state index in [0.29, 0.717) is 22.6 Å². The smallest absolute Gasteiger partial charge is 0.269 e. The molecule has 9 aromatic carbocycles. The number of pyridine rings is 2. The first-order valence-corrected chi connectivity index (χ1v) is 24.8. The van der Waals surface area contributed by atoms with Crippen molar-refractivity contribution in [3.8, 4) is 67.9 Å². The topological polar surface area (TPSA) is 53.7 Å². The monoisotopic (exact) mass is 1180 g/mol. The van der Waals surface area contributed by atoms with Crippen molar-refractivity contribution in [1.29, 1.82) is 0 Å². The summed E-state index contributed by atoms with van der Waals surface area (Å²) in [5.74, 6) is 1.61. The number of rotatable bonds is 9. The average Bonchev–Trinajstić information content (AvgIpc) is 1.75. The molecule has 0 aliphatic heterocycles. The molecule has 0 aliphatic rings. The molecule has 5 heterocycles. The van der Waals surface area contributed by atoms with Crippen LogP contribution in [0.15, 0.2) is 237 Å². The molecule has 14 rings (SSSR count). The third kappa shape index (κ3) is 8.22. The number of ether oxygens (including phenoxy) is 1. The second kappa shape index (κ2) is 19.2. The number of hydrogen-bond donors (Lipinski definition) is 0. The maximum Gasteiger partial charge on any atom is 0.269 e. The minimum Gasteiger partial charge on any atom is -0.522 e. The second-order valence-corrected chi connectivity index (χ2v) is 19.5. The number of hydrogen-bond acceptors (Lipinski definition) is 3. The Balaban J connectivity index is 0.00000700. The Labute approximate surface area is 474 Å². The van der Waals surface area contributed by atoms with Gasteiger partial charge in [-0.1, -0.05) is 202 Å². The predicted octanol–water partition coefficient (Wildman–Crippen LogP) is 16.4. The van der Waals surface area contributed by atoms with Crippen LogP contribution >= 0.6 is 0 Å². The molecule has 0 N–H and O–H groups in total. The summed E-state index contributed by atoms with van der Waals surface area (Å²) in [6.07, 6.45) is 6.79. The van der Waals surface area contributed by atoms with Crippen LogP contribution in [0, 0.1) is 18.5 Å². The largest absolute Gasteiger partial charge is 0.522 e. The van der Waals surface area contributed by atoms with Crippen LogP contribution in [-0.4, -0.2) is 23.7 Å². The number of imidazole rings is 1. The molecule has 0 saturated carbocycles. The number of para-hydroxylation sites is 6. The van der Waals surface area contributed by atoms with Crippen molar-refractivity contribution in [3.63, 3.8) is 0 Å². The SMILES string of the molecule is [2H]c1c([2H])c([2H])c(-c2cccc(-c3c([2H])c([2H])c([2H])c([2H])c3[2H])c2-[n+]2[c-]n(-c3[c-]c(Oc4[c-]c5c(cc4)c4cc(-c6cccc7c8ccccc8n(-c8ccccc8)c67)ccc4n5-c4cc(C(C)(C)C)ccn4)ccn3)c3ccccc32)c([2H])c1[2H].[Pt]. The Hall–Kier alpha value is -9.16. The molecule has 0 spiro atoms. The van der Waals surface area contributed by atoms with Gasteiger partial charge in [0.25, 0.3) is 6.33 Å². The fourth-order valence-electron chi connectivity index (χ4n) is 10.5. The number of fused-ring (bicyclic) bond motifs is 7. The molecule has 372 valence electrons. The second-order valence-electron chi connectivity index (χ2n) is 19.5. The standard InChI is InChI=1S/C69H48N6O.Pt/c1-69(2,3)49-37-39-71-66(42-49)75-61-36-33-48(55-28-18-29-58-56-25-13-14-30-60(56)74(68(55)58)50-23-11-6-12-24-50)41-59(61)57-35-34-51(43-64(57)75)76-52-38-40-70-65(44-52)72-45-73(63-32-16-15-31-62(63)72)67-53(46-19-7-4-8-20-46)26-17-27-54(67)47-21-9-5-10-22-47;/h4-42H,1-3H3;/q-2;/i4D,5D,7D,8D,9D,10D,19D,20D,21D,22D;. The first kappa shape index (κ1) is 37.5. The van der Waals surface area contributed by atoms with E-state index in [1.165, 1.54) is 5.39 Å². The molecular weight excluding hydrogens is 1120 g/mol. The number of benzene rings is 9. The molecule has 0 radical (unpaired) electrons. The van der Waals surface area contributed by atoms with Crippen LogP contribution in [-0.2, 0) is 26.5 Å². The van der Waals surface area contributed by atoms with Gasteiger partial charge in [0.15, 0.2) is 0 Å². The molecule has 0 amide bonds. The van der Waals surface area contributed by atoms with E-state index in [1.807, 2.05) is 42.6 Å². The molecule has 0 fully saturated rings. The molecule has 0 atom stereocenters. The zero-order valence-electron chi connectivity index (χ0n) is 51.7. The molecule has 7 nitrogen and oxygen atoms in total. The quantitative estimate of drug-likeness (QED) is 0.107. The van der Waals surface area contributed by atoms with Crippen LogP contribution in [0.3, 0.4) is 0 Å². The zero-order chi connectivity index (χ0) is 59.6. The fourth-order valence-corrected chi connectivity index (χ4v) is 10.5. The van der Waals surface area contributed by atoms with Gasteiger partial charge < -0.3 is 13.9 Å². The molecule has 0 bridgehead atoms. The van der Waals surface area contributed by atoms with Gasteiger partial charge in [0.2, 0.25) is 0 Å². The Morgan fingerprint density at radius 2 is 1.17 bits per heavy atom. The predicted molar refractivity (Wildman–Crippen MR) is 307 cm³/mol. The minimum absolute atomic E-state index is 0. The van der Waals surface area contributed by atoms with Crippen LogP contribution in [0.25, 0.3) is 111 Å². The third-order valence-corrected chi connectivity index (χ3v) is 14.0. The van der Waals surface area contributed by atoms with Gasteiger partial charge in [-0.05, 0) is 86.3 Å². The summed E-state index contributed by atoms with van der Waals surface area (Å²) in [6, 6.07) is 55.3. The van der Waals surface area contributed by atoms with Crippen molar-refractivity contribution in [2.75, 3.05) is 0 Å². The summed E-state index contributed by atoms with van der Waals surface area (Å²) in [6.45, 7) is 6.53. The normalized spacial score (nSPS) is 13.5. The Morgan fingerprint density at radius 3 is 1.94 bits per heavy atom. The maximum absolute atomic E-state index is 9.09. The van der Waals surface area contributed by atoms with Crippen molar-refractivity contribution < 1.29 is 44.1 Å². The zero-order valence-corrected chi connectivity index (χ0v) is 43.9. The molecule has 0 aliphatic carbocycles. The van der Waals surface area contributed by atoms with Gasteiger partial charge in [0, 0.05) is 60.6 Å². The van der Waals surface area contributed by atoms with Crippen LogP contribution in [0.4, 0.5) is 0 Å². The first-order valence-electron chi connectivity index (χ1n) is 29.8. The summed E-state index contributed by atoms with van der Waals surface area (Å²) in [5.41, 5.74) is 9.08. The van der Waals surface area contributed by atoms with E-state index in [0.717, 1.165) is 60.6 Å². The van der Waals surface area contributed by atoms with E-state index in [2.05, 4.69) is 139 Å². The van der Waals surface area contributed by atoms with E-state index in [9.17, 15) is 0 Å². The van der Waals surface area contributed by atoms with Gasteiger partial charge in [0.1, 0.15) is 5.82 Å². The van der Waals surface area contributed by atoms with Crippen molar-refractivity contribution in [2.24, 2.45) is 0 Å². The molecule has 0 unspecified atom stereocenters. The van der Waals surface area contributed by atoms with Crippen LogP contribution in [0.5, 0.6) is 11.5 Å². The van der Waals surface area contributed by atoms with Crippen LogP contribution < -0.4 is 9.30 Å². The molecule has 5 aromatic heterocycles. The Bertz CT molecular complexity index is 5020. The first-order chi connectivity index (χ1) is 41.5. The molecule has 0 saturated heterocycles. The van der Waals surface area contributed by atoms with Crippen molar-refractivity contribution in [1.82, 2.24) is 23.7 Å². The third-order valence-electron chi connectivity index (χ3n) is 14.0. The Morgan fingerprint density at radius 1 is 0.519 bits per heavy atom. The summed E-state index contributed by atoms with van der Waals surface area (Å²) < 4.78 is 102. The van der Waals surface area contributed by atoms with E-state index in [-0.39, 0.29) is 66.0 Å². The van der Waals surface area contributed by atoms with Crippen LogP contribution in [0.2, 0.25) is 0 Å².